The van der Waals surface area contributed by atoms with Crippen molar-refractivity contribution < 1.29 is 14.4 Å². The van der Waals surface area contributed by atoms with Gasteiger partial charge in [-0.15, -0.1) is 11.3 Å². The van der Waals surface area contributed by atoms with Gasteiger partial charge in [-0.1, -0.05) is 18.2 Å². The summed E-state index contributed by atoms with van der Waals surface area (Å²) >= 11 is 1.41. The van der Waals surface area contributed by atoms with Crippen LogP contribution in [0.15, 0.2) is 41.8 Å². The van der Waals surface area contributed by atoms with Crippen LogP contribution in [0.1, 0.15) is 43.2 Å². The highest BCUT2D eigenvalue weighted by Gasteiger charge is 2.34. The summed E-state index contributed by atoms with van der Waals surface area (Å²) in [6, 6.07) is 10.4. The van der Waals surface area contributed by atoms with Gasteiger partial charge in [-0.25, -0.2) is 0 Å². The first kappa shape index (κ1) is 13.7. The Hall–Kier alpha value is -2.27. The van der Waals surface area contributed by atoms with E-state index in [1.165, 1.54) is 16.2 Å². The second-order valence-corrected chi connectivity index (χ2v) is 5.76. The van der Waals surface area contributed by atoms with Gasteiger partial charge in [0.2, 0.25) is 0 Å². The first-order valence-electron chi connectivity index (χ1n) is 6.70. The number of nitrogens with zero attached hydrogens (tertiary/aromatic N) is 1. The summed E-state index contributed by atoms with van der Waals surface area (Å²) in [6.07, 6.45) is 0.829. The van der Waals surface area contributed by atoms with Crippen LogP contribution in [0.3, 0.4) is 0 Å². The van der Waals surface area contributed by atoms with E-state index in [0.717, 1.165) is 4.88 Å². The smallest absolute Gasteiger partial charge is 0.261 e. The maximum atomic E-state index is 12.1. The Labute approximate surface area is 126 Å². The Kier molecular flexibility index (Phi) is 3.66. The average Bonchev–Trinajstić information content (AvgIpc) is 3.11. The predicted octanol–water partition coefficient (Wildman–Crippen LogP) is 3.01. The van der Waals surface area contributed by atoms with E-state index in [0.29, 0.717) is 24.0 Å². The van der Waals surface area contributed by atoms with Crippen molar-refractivity contribution in [2.24, 2.45) is 0 Å². The third kappa shape index (κ3) is 2.52. The van der Waals surface area contributed by atoms with Crippen LogP contribution in [-0.2, 0) is 0 Å². The van der Waals surface area contributed by atoms with Crippen LogP contribution < -0.4 is 0 Å². The number of amides is 2. The van der Waals surface area contributed by atoms with Crippen LogP contribution in [0, 0.1) is 0 Å². The maximum absolute atomic E-state index is 12.1. The highest BCUT2D eigenvalue weighted by Crippen LogP contribution is 2.23. The Balaban J connectivity index is 1.61. The number of carbonyl (C=O) groups is 3. The topological polar surface area (TPSA) is 54.5 Å². The summed E-state index contributed by atoms with van der Waals surface area (Å²) in [5.41, 5.74) is 0.902. The number of benzene rings is 1. The summed E-state index contributed by atoms with van der Waals surface area (Å²) in [4.78, 5) is 38.1. The number of fused-ring (bicyclic) bond motifs is 1. The van der Waals surface area contributed by atoms with Crippen LogP contribution >= 0.6 is 11.3 Å². The van der Waals surface area contributed by atoms with E-state index in [-0.39, 0.29) is 24.1 Å². The second kappa shape index (κ2) is 5.61. The molecule has 2 amide bonds. The van der Waals surface area contributed by atoms with Gasteiger partial charge < -0.3 is 0 Å². The molecule has 2 heterocycles. The van der Waals surface area contributed by atoms with E-state index in [9.17, 15) is 14.4 Å². The van der Waals surface area contributed by atoms with Crippen molar-refractivity contribution >= 4 is 28.9 Å². The number of carbonyl (C=O) groups excluding carboxylic acids is 3. The molecular formula is C16H13NO3S. The lowest BCUT2D eigenvalue weighted by Gasteiger charge is -2.12. The Bertz CT molecular complexity index is 671. The molecule has 21 heavy (non-hydrogen) atoms. The first-order chi connectivity index (χ1) is 10.2. The predicted molar refractivity (Wildman–Crippen MR) is 79.7 cm³/mol. The molecule has 1 aliphatic heterocycles. The van der Waals surface area contributed by atoms with Crippen molar-refractivity contribution in [3.8, 4) is 0 Å². The molecule has 5 heteroatoms. The average molecular weight is 299 g/mol. The third-order valence-electron chi connectivity index (χ3n) is 3.46. The monoisotopic (exact) mass is 299 g/mol. The number of hydrogen-bond donors (Lipinski definition) is 0. The fourth-order valence-electron chi connectivity index (χ4n) is 2.40. The number of ketones is 1. The molecule has 1 aromatic carbocycles. The molecule has 0 atom stereocenters. The highest BCUT2D eigenvalue weighted by atomic mass is 32.1. The standard InChI is InChI=1S/C16H13NO3S/c18-13(14-8-4-10-21-14)7-3-9-17-15(19)11-5-1-2-6-12(11)16(17)20/h1-2,4-6,8,10H,3,7,9H2. The number of thiophene rings is 1. The minimum absolute atomic E-state index is 0.0570. The van der Waals surface area contributed by atoms with Crippen LogP contribution in [0.2, 0.25) is 0 Å². The minimum Gasteiger partial charge on any atom is -0.293 e. The van der Waals surface area contributed by atoms with Gasteiger partial charge >= 0.3 is 0 Å². The Morgan fingerprint density at radius 3 is 2.24 bits per heavy atom. The summed E-state index contributed by atoms with van der Waals surface area (Å²) in [5.74, 6) is -0.472. The van der Waals surface area contributed by atoms with Crippen molar-refractivity contribution in [1.29, 1.82) is 0 Å². The fourth-order valence-corrected chi connectivity index (χ4v) is 3.09. The van der Waals surface area contributed by atoms with Crippen LogP contribution in [0.4, 0.5) is 0 Å². The molecule has 4 nitrogen and oxygen atoms in total. The van der Waals surface area contributed by atoms with E-state index in [2.05, 4.69) is 0 Å². The van der Waals surface area contributed by atoms with Gasteiger partial charge in [0.1, 0.15) is 0 Å². The molecule has 1 aliphatic rings. The zero-order valence-corrected chi connectivity index (χ0v) is 12.1. The zero-order valence-electron chi connectivity index (χ0n) is 11.2. The molecule has 0 saturated heterocycles. The summed E-state index contributed by atoms with van der Waals surface area (Å²) < 4.78 is 0. The molecule has 0 N–H and O–H groups in total. The molecule has 2 aromatic rings. The van der Waals surface area contributed by atoms with E-state index in [4.69, 9.17) is 0 Å². The molecule has 0 radical (unpaired) electrons. The van der Waals surface area contributed by atoms with Crippen LogP contribution in [0.25, 0.3) is 0 Å². The van der Waals surface area contributed by atoms with Crippen LogP contribution in [-0.4, -0.2) is 29.0 Å². The van der Waals surface area contributed by atoms with Gasteiger partial charge in [-0.2, -0.15) is 0 Å². The maximum Gasteiger partial charge on any atom is 0.261 e. The van der Waals surface area contributed by atoms with Gasteiger partial charge in [-0.3, -0.25) is 19.3 Å². The van der Waals surface area contributed by atoms with Crippen molar-refractivity contribution in [1.82, 2.24) is 4.90 Å². The van der Waals surface area contributed by atoms with E-state index >= 15 is 0 Å². The molecule has 0 bridgehead atoms. The van der Waals surface area contributed by atoms with Gasteiger partial charge in [0.15, 0.2) is 5.78 Å². The van der Waals surface area contributed by atoms with E-state index in [1.54, 1.807) is 30.3 Å². The molecule has 0 spiro atoms. The van der Waals surface area contributed by atoms with Crippen molar-refractivity contribution in [3.63, 3.8) is 0 Å². The quantitative estimate of drug-likeness (QED) is 0.630. The second-order valence-electron chi connectivity index (χ2n) is 4.81. The molecule has 1 aromatic heterocycles. The van der Waals surface area contributed by atoms with Crippen LogP contribution in [0.5, 0.6) is 0 Å². The molecule has 3 rings (SSSR count). The number of Topliss-reactive ketones (excluding diaryl/α,β-unsaturated/α-hetero) is 1. The lowest BCUT2D eigenvalue weighted by atomic mass is 10.1. The zero-order chi connectivity index (χ0) is 14.8. The number of rotatable bonds is 5. The Morgan fingerprint density at radius 2 is 1.67 bits per heavy atom. The van der Waals surface area contributed by atoms with Crippen molar-refractivity contribution in [2.75, 3.05) is 6.54 Å². The van der Waals surface area contributed by atoms with Gasteiger partial charge in [-0.05, 0) is 30.0 Å². The minimum atomic E-state index is -0.265. The van der Waals surface area contributed by atoms with Crippen molar-refractivity contribution in [3.05, 3.63) is 57.8 Å². The SMILES string of the molecule is O=C(CCCN1C(=O)c2ccccc2C1=O)c1cccs1. The van der Waals surface area contributed by atoms with Crippen molar-refractivity contribution in [2.45, 2.75) is 12.8 Å². The lowest BCUT2D eigenvalue weighted by Crippen LogP contribution is -2.31. The molecule has 0 fully saturated rings. The Morgan fingerprint density at radius 1 is 1.00 bits per heavy atom. The molecule has 0 saturated carbocycles. The van der Waals surface area contributed by atoms with E-state index < -0.39 is 0 Å². The normalized spacial score (nSPS) is 13.6. The summed E-state index contributed by atoms with van der Waals surface area (Å²) in [6.45, 7) is 0.281. The third-order valence-corrected chi connectivity index (χ3v) is 4.37. The molecular weight excluding hydrogens is 286 g/mol. The molecule has 0 unspecified atom stereocenters. The van der Waals surface area contributed by atoms with E-state index in [1.807, 2.05) is 11.4 Å². The number of hydrogen-bond acceptors (Lipinski definition) is 4. The van der Waals surface area contributed by atoms with Gasteiger partial charge in [0.25, 0.3) is 11.8 Å². The molecule has 106 valence electrons. The fraction of sp³-hybridized carbons (Fsp3) is 0.188. The molecule has 0 aliphatic carbocycles. The summed E-state index contributed by atoms with van der Waals surface area (Å²) in [7, 11) is 0. The number of imide groups is 1. The summed E-state index contributed by atoms with van der Waals surface area (Å²) in [5, 5.41) is 1.86. The first-order valence-corrected chi connectivity index (χ1v) is 7.58. The largest absolute Gasteiger partial charge is 0.293 e. The van der Waals surface area contributed by atoms with Gasteiger partial charge in [0, 0.05) is 13.0 Å². The highest BCUT2D eigenvalue weighted by molar-refractivity contribution is 7.12. The lowest BCUT2D eigenvalue weighted by molar-refractivity contribution is 0.0647. The van der Waals surface area contributed by atoms with Gasteiger partial charge in [0.05, 0.1) is 16.0 Å².